The second-order valence-electron chi connectivity index (χ2n) is 3.38. The van der Waals surface area contributed by atoms with E-state index in [4.69, 9.17) is 23.2 Å². The van der Waals surface area contributed by atoms with Crippen molar-refractivity contribution < 1.29 is 0 Å². The minimum Gasteiger partial charge on any atom is -0.346 e. The fourth-order valence-corrected chi connectivity index (χ4v) is 2.07. The summed E-state index contributed by atoms with van der Waals surface area (Å²) in [7, 11) is 1.97. The van der Waals surface area contributed by atoms with E-state index in [0.717, 1.165) is 17.8 Å². The summed E-state index contributed by atoms with van der Waals surface area (Å²) in [6.45, 7) is 4.15. The highest BCUT2D eigenvalue weighted by molar-refractivity contribution is 6.39. The minimum atomic E-state index is 0.675. The van der Waals surface area contributed by atoms with Gasteiger partial charge in [0, 0.05) is 12.7 Å². The molecule has 82 valence electrons. The maximum absolute atomic E-state index is 6.12. The molecule has 0 radical (unpaired) electrons. The summed E-state index contributed by atoms with van der Waals surface area (Å²) in [4.78, 5) is 2.01. The van der Waals surface area contributed by atoms with Crippen molar-refractivity contribution in [2.75, 3.05) is 11.9 Å². The first-order valence-corrected chi connectivity index (χ1v) is 5.68. The summed E-state index contributed by atoms with van der Waals surface area (Å²) in [5.41, 5.74) is 2.01. The molecule has 1 nitrogen and oxygen atoms in total. The summed E-state index contributed by atoms with van der Waals surface area (Å²) < 4.78 is 0. The molecule has 3 heteroatoms. The van der Waals surface area contributed by atoms with Crippen LogP contribution in [0.3, 0.4) is 0 Å². The highest BCUT2D eigenvalue weighted by atomic mass is 35.5. The summed E-state index contributed by atoms with van der Waals surface area (Å²) in [6, 6.07) is 5.54. The Labute approximate surface area is 101 Å². The van der Waals surface area contributed by atoms with Gasteiger partial charge in [0.15, 0.2) is 0 Å². The van der Waals surface area contributed by atoms with Crippen molar-refractivity contribution >= 4 is 28.9 Å². The van der Waals surface area contributed by atoms with Crippen LogP contribution < -0.4 is 4.90 Å². The van der Waals surface area contributed by atoms with Gasteiger partial charge in [0.05, 0.1) is 15.7 Å². The number of hydrogen-bond donors (Lipinski definition) is 0. The molecule has 0 aliphatic rings. The fraction of sp³-hybridized carbons (Fsp3) is 0.333. The van der Waals surface area contributed by atoms with Gasteiger partial charge in [-0.1, -0.05) is 42.3 Å². The highest BCUT2D eigenvalue weighted by Crippen LogP contribution is 2.34. The van der Waals surface area contributed by atoms with Gasteiger partial charge in [-0.25, -0.2) is 0 Å². The van der Waals surface area contributed by atoms with Crippen molar-refractivity contribution in [2.45, 2.75) is 20.3 Å². The number of para-hydroxylation sites is 1. The number of hydrogen-bond acceptors (Lipinski definition) is 1. The average Bonchev–Trinajstić information content (AvgIpc) is 2.17. The van der Waals surface area contributed by atoms with Gasteiger partial charge in [0.1, 0.15) is 0 Å². The van der Waals surface area contributed by atoms with E-state index in [0.29, 0.717) is 10.0 Å². The normalized spacial score (nSPS) is 11.7. The van der Waals surface area contributed by atoms with Crippen molar-refractivity contribution in [3.63, 3.8) is 0 Å². The Bertz CT molecular complexity index is 352. The summed E-state index contributed by atoms with van der Waals surface area (Å²) in [5, 5.41) is 1.35. The Morgan fingerprint density at radius 1 is 1.33 bits per heavy atom. The minimum absolute atomic E-state index is 0.675. The largest absolute Gasteiger partial charge is 0.346 e. The summed E-state index contributed by atoms with van der Waals surface area (Å²) in [5.74, 6) is 0. The Hall–Kier alpha value is -0.660. The van der Waals surface area contributed by atoms with Crippen LogP contribution in [-0.4, -0.2) is 7.05 Å². The molecule has 1 aromatic rings. The molecule has 0 saturated carbocycles. The van der Waals surface area contributed by atoms with Gasteiger partial charge in [0.2, 0.25) is 0 Å². The molecule has 0 fully saturated rings. The summed E-state index contributed by atoms with van der Waals surface area (Å²) >= 11 is 12.2. The number of allylic oxidation sites excluding steroid dienone is 2. The molecule has 1 rings (SSSR count). The van der Waals surface area contributed by atoms with Crippen molar-refractivity contribution in [1.82, 2.24) is 0 Å². The monoisotopic (exact) mass is 243 g/mol. The molecule has 0 aliphatic carbocycles. The third-order valence-electron chi connectivity index (χ3n) is 2.30. The molecule has 0 heterocycles. The van der Waals surface area contributed by atoms with Crippen LogP contribution in [0.2, 0.25) is 10.0 Å². The smallest absolute Gasteiger partial charge is 0.0784 e. The third-order valence-corrected chi connectivity index (χ3v) is 2.91. The fourth-order valence-electron chi connectivity index (χ4n) is 1.42. The van der Waals surface area contributed by atoms with E-state index >= 15 is 0 Å². The zero-order valence-corrected chi connectivity index (χ0v) is 10.7. The maximum atomic E-state index is 6.12. The van der Waals surface area contributed by atoms with Crippen LogP contribution in [0.1, 0.15) is 20.3 Å². The van der Waals surface area contributed by atoms with Gasteiger partial charge < -0.3 is 4.90 Å². The molecule has 0 unspecified atom stereocenters. The SMILES string of the molecule is CC/C=C(/C)N(C)c1c(Cl)cccc1Cl. The molecule has 0 aromatic heterocycles. The average molecular weight is 244 g/mol. The number of benzene rings is 1. The van der Waals surface area contributed by atoms with Crippen LogP contribution >= 0.6 is 23.2 Å². The topological polar surface area (TPSA) is 3.24 Å². The zero-order chi connectivity index (χ0) is 11.4. The van der Waals surface area contributed by atoms with Gasteiger partial charge >= 0.3 is 0 Å². The van der Waals surface area contributed by atoms with E-state index in [1.807, 2.05) is 37.1 Å². The molecular weight excluding hydrogens is 229 g/mol. The molecule has 0 spiro atoms. The van der Waals surface area contributed by atoms with Crippen LogP contribution in [0, 0.1) is 0 Å². The van der Waals surface area contributed by atoms with Crippen LogP contribution in [0.15, 0.2) is 30.0 Å². The van der Waals surface area contributed by atoms with E-state index in [-0.39, 0.29) is 0 Å². The first-order chi connectivity index (χ1) is 7.07. The van der Waals surface area contributed by atoms with Gasteiger partial charge in [-0.2, -0.15) is 0 Å². The highest BCUT2D eigenvalue weighted by Gasteiger charge is 2.10. The lowest BCUT2D eigenvalue weighted by Crippen LogP contribution is -2.15. The molecule has 0 atom stereocenters. The first kappa shape index (κ1) is 12.4. The standard InChI is InChI=1S/C12H15Cl2N/c1-4-6-9(2)15(3)12-10(13)7-5-8-11(12)14/h5-8H,4H2,1-3H3/b9-6-. The Morgan fingerprint density at radius 3 is 2.33 bits per heavy atom. The number of halogens is 2. The van der Waals surface area contributed by atoms with Crippen molar-refractivity contribution in [2.24, 2.45) is 0 Å². The van der Waals surface area contributed by atoms with Gasteiger partial charge in [-0.05, 0) is 25.5 Å². The van der Waals surface area contributed by atoms with Gasteiger partial charge in [-0.3, -0.25) is 0 Å². The lowest BCUT2D eigenvalue weighted by atomic mass is 10.2. The molecular formula is C12H15Cl2N. The molecule has 1 aromatic carbocycles. The predicted octanol–water partition coefficient (Wildman–Crippen LogP) is 4.74. The molecule has 15 heavy (non-hydrogen) atoms. The van der Waals surface area contributed by atoms with Crippen LogP contribution in [-0.2, 0) is 0 Å². The first-order valence-electron chi connectivity index (χ1n) is 4.92. The van der Waals surface area contributed by atoms with Crippen LogP contribution in [0.5, 0.6) is 0 Å². The third kappa shape index (κ3) is 2.90. The zero-order valence-electron chi connectivity index (χ0n) is 9.22. The quantitative estimate of drug-likeness (QED) is 0.742. The lowest BCUT2D eigenvalue weighted by Gasteiger charge is -2.22. The van der Waals surface area contributed by atoms with Gasteiger partial charge in [-0.15, -0.1) is 0 Å². The van der Waals surface area contributed by atoms with Gasteiger partial charge in [0.25, 0.3) is 0 Å². The number of rotatable bonds is 3. The van der Waals surface area contributed by atoms with Crippen molar-refractivity contribution in [1.29, 1.82) is 0 Å². The number of anilines is 1. The van der Waals surface area contributed by atoms with E-state index in [9.17, 15) is 0 Å². The predicted molar refractivity (Wildman–Crippen MR) is 68.9 cm³/mol. The molecule has 0 N–H and O–H groups in total. The van der Waals surface area contributed by atoms with E-state index in [1.54, 1.807) is 0 Å². The maximum Gasteiger partial charge on any atom is 0.0784 e. The van der Waals surface area contributed by atoms with E-state index in [2.05, 4.69) is 13.0 Å². The second kappa shape index (κ2) is 5.43. The van der Waals surface area contributed by atoms with E-state index in [1.165, 1.54) is 0 Å². The van der Waals surface area contributed by atoms with Crippen molar-refractivity contribution in [3.05, 3.63) is 40.0 Å². The Morgan fingerprint density at radius 2 is 1.87 bits per heavy atom. The van der Waals surface area contributed by atoms with E-state index < -0.39 is 0 Å². The number of nitrogens with zero attached hydrogens (tertiary/aromatic N) is 1. The second-order valence-corrected chi connectivity index (χ2v) is 4.20. The lowest BCUT2D eigenvalue weighted by molar-refractivity contribution is 1.05. The summed E-state index contributed by atoms with van der Waals surface area (Å²) in [6.07, 6.45) is 3.14. The Kier molecular flexibility index (Phi) is 4.49. The van der Waals surface area contributed by atoms with Crippen LogP contribution in [0.4, 0.5) is 5.69 Å². The van der Waals surface area contributed by atoms with Crippen LogP contribution in [0.25, 0.3) is 0 Å². The molecule has 0 aliphatic heterocycles. The molecule has 0 saturated heterocycles. The molecule has 0 amide bonds. The van der Waals surface area contributed by atoms with Crippen molar-refractivity contribution in [3.8, 4) is 0 Å². The molecule has 0 bridgehead atoms. The Balaban J connectivity index is 3.11.